The van der Waals surface area contributed by atoms with Crippen LogP contribution in [0.4, 0.5) is 0 Å². The summed E-state index contributed by atoms with van der Waals surface area (Å²) in [4.78, 5) is 12.3. The smallest absolute Gasteiger partial charge is 0.185 e. The van der Waals surface area contributed by atoms with Crippen LogP contribution in [0.3, 0.4) is 0 Å². The van der Waals surface area contributed by atoms with E-state index < -0.39 is 9.84 Å². The van der Waals surface area contributed by atoms with Crippen molar-refractivity contribution in [2.45, 2.75) is 26.3 Å². The van der Waals surface area contributed by atoms with E-state index in [2.05, 4.69) is 5.10 Å². The molecule has 0 spiro atoms. The van der Waals surface area contributed by atoms with E-state index >= 15 is 0 Å². The number of hydrogen-bond acceptors (Lipinski definition) is 4. The summed E-state index contributed by atoms with van der Waals surface area (Å²) in [6.07, 6.45) is 3.62. The maximum absolute atomic E-state index is 12.3. The van der Waals surface area contributed by atoms with Gasteiger partial charge < -0.3 is 0 Å². The van der Waals surface area contributed by atoms with Crippen LogP contribution in [-0.2, 0) is 9.84 Å². The van der Waals surface area contributed by atoms with Crippen LogP contribution < -0.4 is 0 Å². The summed E-state index contributed by atoms with van der Waals surface area (Å²) in [5.41, 5.74) is 3.01. The Balaban J connectivity index is 1.83. The van der Waals surface area contributed by atoms with Gasteiger partial charge in [-0.1, -0.05) is 41.4 Å². The molecule has 0 bridgehead atoms. The van der Waals surface area contributed by atoms with E-state index in [1.807, 2.05) is 19.1 Å². The Morgan fingerprint density at radius 3 is 2.56 bits per heavy atom. The molecule has 0 N–H and O–H groups in total. The lowest BCUT2D eigenvalue weighted by molar-refractivity contribution is 0.104. The highest BCUT2D eigenvalue weighted by molar-refractivity contribution is 7.91. The number of nitrogens with zero attached hydrogens (tertiary/aromatic N) is 2. The Kier molecular flexibility index (Phi) is 4.84. The van der Waals surface area contributed by atoms with Crippen LogP contribution in [0.5, 0.6) is 0 Å². The molecule has 0 unspecified atom stereocenters. The average molecular weight is 379 g/mol. The van der Waals surface area contributed by atoms with E-state index in [-0.39, 0.29) is 23.3 Å². The highest BCUT2D eigenvalue weighted by atomic mass is 35.5. The van der Waals surface area contributed by atoms with Gasteiger partial charge in [-0.2, -0.15) is 5.10 Å². The zero-order valence-electron chi connectivity index (χ0n) is 14.1. The summed E-state index contributed by atoms with van der Waals surface area (Å²) < 4.78 is 24.9. The predicted octanol–water partition coefficient (Wildman–Crippen LogP) is 3.41. The van der Waals surface area contributed by atoms with E-state index in [1.54, 1.807) is 29.8 Å². The Labute approximate surface area is 152 Å². The third-order valence-corrected chi connectivity index (χ3v) is 6.49. The second-order valence-electron chi connectivity index (χ2n) is 6.35. The van der Waals surface area contributed by atoms with Crippen LogP contribution in [0.25, 0.3) is 6.08 Å². The van der Waals surface area contributed by atoms with Gasteiger partial charge in [0, 0.05) is 11.1 Å². The zero-order valence-corrected chi connectivity index (χ0v) is 15.6. The molecule has 1 aromatic carbocycles. The van der Waals surface area contributed by atoms with Crippen LogP contribution in [-0.4, -0.2) is 35.5 Å². The summed E-state index contributed by atoms with van der Waals surface area (Å²) in [5.74, 6) is 0.0928. The van der Waals surface area contributed by atoms with E-state index in [0.717, 1.165) is 5.56 Å². The Morgan fingerprint density at radius 2 is 1.96 bits per heavy atom. The van der Waals surface area contributed by atoms with Gasteiger partial charge in [0.2, 0.25) is 0 Å². The lowest BCUT2D eigenvalue weighted by Gasteiger charge is -2.09. The van der Waals surface area contributed by atoms with E-state index in [9.17, 15) is 13.2 Å². The summed E-state index contributed by atoms with van der Waals surface area (Å²) in [7, 11) is -3.02. The second kappa shape index (κ2) is 6.77. The second-order valence-corrected chi connectivity index (χ2v) is 8.94. The van der Waals surface area contributed by atoms with Crippen molar-refractivity contribution >= 4 is 33.3 Å². The zero-order chi connectivity index (χ0) is 18.2. The molecule has 1 atom stereocenters. The number of aromatic nitrogens is 2. The van der Waals surface area contributed by atoms with Crippen molar-refractivity contribution in [3.63, 3.8) is 0 Å². The van der Waals surface area contributed by atoms with Crippen molar-refractivity contribution in [3.8, 4) is 0 Å². The maximum atomic E-state index is 12.3. The number of carbonyl (C=O) groups is 1. The standard InChI is InChI=1S/C18H19ClN2O3S/c1-12-3-5-14(6-4-12)17(22)8-7-16-13(2)20-21(18(16)19)15-9-10-25(23,24)11-15/h3-8,15H,9-11H2,1-2H3/b8-7+/t15-/m0/s1. The Bertz CT molecular complexity index is 943. The van der Waals surface area contributed by atoms with Crippen molar-refractivity contribution in [2.24, 2.45) is 0 Å². The van der Waals surface area contributed by atoms with Crippen LogP contribution >= 0.6 is 11.6 Å². The molecule has 0 aliphatic carbocycles. The molecule has 1 aliphatic rings. The summed E-state index contributed by atoms with van der Waals surface area (Å²) in [5, 5.41) is 4.75. The van der Waals surface area contributed by atoms with Gasteiger partial charge in [-0.05, 0) is 32.4 Å². The number of halogens is 1. The molecule has 1 fully saturated rings. The number of ketones is 1. The first-order valence-electron chi connectivity index (χ1n) is 8.01. The maximum Gasteiger partial charge on any atom is 0.185 e. The number of hydrogen-bond donors (Lipinski definition) is 0. The number of sulfone groups is 1. The van der Waals surface area contributed by atoms with Gasteiger partial charge in [0.25, 0.3) is 0 Å². The molecule has 2 aromatic rings. The van der Waals surface area contributed by atoms with Crippen LogP contribution in [0.1, 0.15) is 39.6 Å². The molecule has 132 valence electrons. The van der Waals surface area contributed by atoms with Crippen molar-refractivity contribution in [2.75, 3.05) is 11.5 Å². The van der Waals surface area contributed by atoms with Gasteiger partial charge in [0.1, 0.15) is 5.15 Å². The van der Waals surface area contributed by atoms with Gasteiger partial charge in [-0.15, -0.1) is 0 Å². The summed E-state index contributed by atoms with van der Waals surface area (Å²) >= 11 is 6.40. The molecule has 1 saturated heterocycles. The SMILES string of the molecule is Cc1ccc(C(=O)/C=C/c2c(C)nn([C@H]3CCS(=O)(=O)C3)c2Cl)cc1. The largest absolute Gasteiger partial charge is 0.289 e. The number of aryl methyl sites for hydroxylation is 2. The van der Waals surface area contributed by atoms with Crippen molar-refractivity contribution in [1.29, 1.82) is 0 Å². The number of carbonyl (C=O) groups excluding carboxylic acids is 1. The van der Waals surface area contributed by atoms with Crippen molar-refractivity contribution in [3.05, 3.63) is 57.9 Å². The minimum Gasteiger partial charge on any atom is -0.289 e. The lowest BCUT2D eigenvalue weighted by atomic mass is 10.1. The summed E-state index contributed by atoms with van der Waals surface area (Å²) in [6.45, 7) is 3.76. The van der Waals surface area contributed by atoms with E-state index in [4.69, 9.17) is 11.6 Å². The molecular formula is C18H19ClN2O3S. The van der Waals surface area contributed by atoms with Crippen molar-refractivity contribution < 1.29 is 13.2 Å². The molecule has 0 amide bonds. The average Bonchev–Trinajstić information content (AvgIpc) is 3.05. The van der Waals surface area contributed by atoms with E-state index in [0.29, 0.717) is 28.4 Å². The number of allylic oxidation sites excluding steroid dienone is 1. The monoisotopic (exact) mass is 378 g/mol. The first-order chi connectivity index (χ1) is 11.8. The van der Waals surface area contributed by atoms with Crippen LogP contribution in [0, 0.1) is 13.8 Å². The third kappa shape index (κ3) is 3.85. The topological polar surface area (TPSA) is 69.0 Å². The molecule has 25 heavy (non-hydrogen) atoms. The minimum absolute atomic E-state index is 0.0549. The molecule has 1 aromatic heterocycles. The molecule has 7 heteroatoms. The molecule has 0 saturated carbocycles. The number of rotatable bonds is 4. The van der Waals surface area contributed by atoms with Crippen LogP contribution in [0.2, 0.25) is 5.15 Å². The Morgan fingerprint density at radius 1 is 1.28 bits per heavy atom. The van der Waals surface area contributed by atoms with Gasteiger partial charge in [-0.3, -0.25) is 4.79 Å². The summed E-state index contributed by atoms with van der Waals surface area (Å²) in [6, 6.07) is 7.09. The third-order valence-electron chi connectivity index (χ3n) is 4.36. The fourth-order valence-electron chi connectivity index (χ4n) is 2.90. The highest BCUT2D eigenvalue weighted by Gasteiger charge is 2.31. The fraction of sp³-hybridized carbons (Fsp3) is 0.333. The first kappa shape index (κ1) is 17.9. The molecule has 3 rings (SSSR count). The van der Waals surface area contributed by atoms with Gasteiger partial charge in [0.15, 0.2) is 15.6 Å². The Hall–Kier alpha value is -1.92. The molecular weight excluding hydrogens is 360 g/mol. The van der Waals surface area contributed by atoms with Gasteiger partial charge in [-0.25, -0.2) is 13.1 Å². The molecule has 2 heterocycles. The van der Waals surface area contributed by atoms with Crippen molar-refractivity contribution in [1.82, 2.24) is 9.78 Å². The first-order valence-corrected chi connectivity index (χ1v) is 10.2. The molecule has 1 aliphatic heterocycles. The molecule has 0 radical (unpaired) electrons. The lowest BCUT2D eigenvalue weighted by Crippen LogP contribution is -2.12. The molecule has 5 nitrogen and oxygen atoms in total. The minimum atomic E-state index is -3.02. The van der Waals surface area contributed by atoms with E-state index in [1.165, 1.54) is 6.08 Å². The predicted molar refractivity (Wildman–Crippen MR) is 98.8 cm³/mol. The fourth-order valence-corrected chi connectivity index (χ4v) is 4.97. The highest BCUT2D eigenvalue weighted by Crippen LogP contribution is 2.30. The van der Waals surface area contributed by atoms with Crippen LogP contribution in [0.15, 0.2) is 30.3 Å². The quantitative estimate of drug-likeness (QED) is 0.604. The van der Waals surface area contributed by atoms with Gasteiger partial charge >= 0.3 is 0 Å². The number of benzene rings is 1. The normalized spacial score (nSPS) is 19.6. The van der Waals surface area contributed by atoms with Gasteiger partial charge in [0.05, 0.1) is 23.2 Å².